The van der Waals surface area contributed by atoms with E-state index in [-0.39, 0.29) is 24.1 Å². The first-order valence-corrected chi connectivity index (χ1v) is 8.18. The third-order valence-corrected chi connectivity index (χ3v) is 3.93. The molecule has 1 amide bonds. The Bertz CT molecular complexity index is 754. The Morgan fingerprint density at radius 2 is 2.12 bits per heavy atom. The molecular weight excluding hydrogens is 355 g/mol. The van der Waals surface area contributed by atoms with Crippen LogP contribution in [0, 0.1) is 0 Å². The molecule has 0 radical (unpaired) electrons. The number of ether oxygens (including phenoxy) is 1. The average molecular weight is 371 g/mol. The molecule has 3 N–H and O–H groups in total. The molecule has 0 aliphatic heterocycles. The molecule has 0 bridgehead atoms. The van der Waals surface area contributed by atoms with Crippen molar-refractivity contribution in [2.24, 2.45) is 0 Å². The van der Waals surface area contributed by atoms with Crippen molar-refractivity contribution < 1.29 is 22.7 Å². The average Bonchev–Trinajstić information content (AvgIpc) is 2.57. The summed E-state index contributed by atoms with van der Waals surface area (Å²) in [6, 6.07) is 8.13. The number of pyridine rings is 1. The molecule has 0 atom stereocenters. The second-order valence-electron chi connectivity index (χ2n) is 4.91. The molecule has 0 spiro atoms. The summed E-state index contributed by atoms with van der Waals surface area (Å²) in [7, 11) is 1.46. The Kier molecular flexibility index (Phi) is 6.13. The van der Waals surface area contributed by atoms with Gasteiger partial charge in [0.2, 0.25) is 0 Å². The molecule has 1 heterocycles. The predicted octanol–water partition coefficient (Wildman–Crippen LogP) is 3.32. The van der Waals surface area contributed by atoms with Gasteiger partial charge in [-0.25, -0.2) is 0 Å². The van der Waals surface area contributed by atoms with Gasteiger partial charge < -0.3 is 15.8 Å². The number of thioether (sulfide) groups is 1. The number of carbonyl (C=O) groups is 1. The lowest BCUT2D eigenvalue weighted by molar-refractivity contribution is -0.0327. The summed E-state index contributed by atoms with van der Waals surface area (Å²) in [4.78, 5) is 16.3. The molecule has 0 fully saturated rings. The highest BCUT2D eigenvalue weighted by Crippen LogP contribution is 2.33. The fraction of sp³-hybridized carbons (Fsp3) is 0.250. The maximum atomic E-state index is 12.1. The number of benzene rings is 1. The van der Waals surface area contributed by atoms with Crippen molar-refractivity contribution >= 4 is 23.4 Å². The molecule has 0 aliphatic rings. The lowest BCUT2D eigenvalue weighted by Crippen LogP contribution is -2.26. The van der Waals surface area contributed by atoms with Gasteiger partial charge in [0.05, 0.1) is 12.8 Å². The number of alkyl halides is 3. The highest BCUT2D eigenvalue weighted by atomic mass is 32.2. The van der Waals surface area contributed by atoms with Crippen LogP contribution in [0.1, 0.15) is 10.4 Å². The number of rotatable bonds is 6. The molecule has 0 unspecified atom stereocenters. The molecule has 0 saturated carbocycles. The topological polar surface area (TPSA) is 77.2 Å². The quantitative estimate of drug-likeness (QED) is 0.762. The van der Waals surface area contributed by atoms with Gasteiger partial charge in [-0.2, -0.15) is 13.2 Å². The highest BCUT2D eigenvalue weighted by molar-refractivity contribution is 8.00. The normalized spacial score (nSPS) is 11.2. The fourth-order valence-electron chi connectivity index (χ4n) is 2.12. The first kappa shape index (κ1) is 18.9. The Labute approximate surface area is 146 Å². The van der Waals surface area contributed by atoms with Crippen LogP contribution in [0.25, 0.3) is 11.3 Å². The van der Waals surface area contributed by atoms with Gasteiger partial charge in [-0.15, -0.1) is 0 Å². The van der Waals surface area contributed by atoms with Gasteiger partial charge in [0.15, 0.2) is 5.75 Å². The standard InChI is InChI=1S/C16H16F3N3O2S/c1-24-14-12(20)5-6-21-13(14)10-3-2-4-11(9-10)15(23)22-7-8-25-16(17,18)19/h2-6,9H,7-8H2,1H3,(H2,20,21)(H,22,23). The third-order valence-electron chi connectivity index (χ3n) is 3.19. The van der Waals surface area contributed by atoms with Crippen molar-refractivity contribution in [2.45, 2.75) is 5.51 Å². The summed E-state index contributed by atoms with van der Waals surface area (Å²) < 4.78 is 41.5. The number of amides is 1. The summed E-state index contributed by atoms with van der Waals surface area (Å²) >= 11 is -0.178. The van der Waals surface area contributed by atoms with Crippen molar-refractivity contribution in [3.63, 3.8) is 0 Å². The molecular formula is C16H16F3N3O2S. The van der Waals surface area contributed by atoms with Crippen LogP contribution in [-0.2, 0) is 0 Å². The van der Waals surface area contributed by atoms with Crippen LogP contribution >= 0.6 is 11.8 Å². The number of nitrogens with one attached hydrogen (secondary N) is 1. The number of aromatic nitrogens is 1. The summed E-state index contributed by atoms with van der Waals surface area (Å²) in [6.45, 7) is -0.0902. The molecule has 9 heteroatoms. The van der Waals surface area contributed by atoms with Gasteiger partial charge in [0.25, 0.3) is 5.91 Å². The van der Waals surface area contributed by atoms with E-state index in [4.69, 9.17) is 10.5 Å². The minimum Gasteiger partial charge on any atom is -0.492 e. The van der Waals surface area contributed by atoms with Crippen LogP contribution in [0.15, 0.2) is 36.5 Å². The summed E-state index contributed by atoms with van der Waals surface area (Å²) in [5.41, 5.74) is 3.34. The Hall–Kier alpha value is -2.42. The van der Waals surface area contributed by atoms with Gasteiger partial charge in [0, 0.05) is 29.6 Å². The number of carbonyl (C=O) groups excluding carboxylic acids is 1. The number of nitrogen functional groups attached to an aromatic ring is 1. The zero-order chi connectivity index (χ0) is 18.4. The predicted molar refractivity (Wildman–Crippen MR) is 91.5 cm³/mol. The first-order chi connectivity index (χ1) is 11.8. The molecule has 2 rings (SSSR count). The first-order valence-electron chi connectivity index (χ1n) is 7.19. The van der Waals surface area contributed by atoms with Crippen LogP contribution in [0.5, 0.6) is 5.75 Å². The number of methoxy groups -OCH3 is 1. The number of nitrogens with zero attached hydrogens (tertiary/aromatic N) is 1. The van der Waals surface area contributed by atoms with Crippen molar-refractivity contribution in [1.29, 1.82) is 0 Å². The number of halogens is 3. The number of hydrogen-bond donors (Lipinski definition) is 2. The molecule has 0 aliphatic carbocycles. The van der Waals surface area contributed by atoms with E-state index >= 15 is 0 Å². The number of anilines is 1. The Morgan fingerprint density at radius 1 is 1.36 bits per heavy atom. The zero-order valence-corrected chi connectivity index (χ0v) is 14.1. The van der Waals surface area contributed by atoms with Crippen molar-refractivity contribution in [3.8, 4) is 17.0 Å². The fourth-order valence-corrected chi connectivity index (χ4v) is 2.56. The number of nitrogens with two attached hydrogens (primary N) is 1. The lowest BCUT2D eigenvalue weighted by Gasteiger charge is -2.11. The summed E-state index contributed by atoms with van der Waals surface area (Å²) in [5, 5.41) is 2.45. The number of hydrogen-bond acceptors (Lipinski definition) is 5. The van der Waals surface area contributed by atoms with Crippen molar-refractivity contribution in [2.75, 3.05) is 25.1 Å². The van der Waals surface area contributed by atoms with E-state index in [0.717, 1.165) is 0 Å². The highest BCUT2D eigenvalue weighted by Gasteiger charge is 2.27. The van der Waals surface area contributed by atoms with Crippen LogP contribution in [-0.4, -0.2) is 35.8 Å². The van der Waals surface area contributed by atoms with Crippen LogP contribution in [0.2, 0.25) is 0 Å². The van der Waals surface area contributed by atoms with Crippen LogP contribution < -0.4 is 15.8 Å². The Morgan fingerprint density at radius 3 is 2.80 bits per heavy atom. The van der Waals surface area contributed by atoms with Gasteiger partial charge in [-0.05, 0) is 30.0 Å². The minimum absolute atomic E-state index is 0.0902. The maximum Gasteiger partial charge on any atom is 0.441 e. The van der Waals surface area contributed by atoms with Crippen LogP contribution in [0.4, 0.5) is 18.9 Å². The molecule has 5 nitrogen and oxygen atoms in total. The van der Waals surface area contributed by atoms with E-state index in [1.165, 1.54) is 13.3 Å². The largest absolute Gasteiger partial charge is 0.492 e. The SMILES string of the molecule is COc1c(N)ccnc1-c1cccc(C(=O)NCCSC(F)(F)F)c1. The lowest BCUT2D eigenvalue weighted by atomic mass is 10.1. The van der Waals surface area contributed by atoms with E-state index < -0.39 is 11.4 Å². The van der Waals surface area contributed by atoms with E-state index in [1.54, 1.807) is 30.3 Å². The van der Waals surface area contributed by atoms with Gasteiger partial charge in [-0.1, -0.05) is 12.1 Å². The second kappa shape index (κ2) is 8.11. The molecule has 2 aromatic rings. The van der Waals surface area contributed by atoms with E-state index in [0.29, 0.717) is 28.3 Å². The Balaban J connectivity index is 2.11. The molecule has 0 saturated heterocycles. The molecule has 1 aromatic heterocycles. The van der Waals surface area contributed by atoms with E-state index in [2.05, 4.69) is 10.3 Å². The smallest absolute Gasteiger partial charge is 0.441 e. The summed E-state index contributed by atoms with van der Waals surface area (Å²) in [5.74, 6) is -0.325. The van der Waals surface area contributed by atoms with Gasteiger partial charge in [-0.3, -0.25) is 9.78 Å². The molecule has 1 aromatic carbocycles. The van der Waals surface area contributed by atoms with Crippen molar-refractivity contribution in [3.05, 3.63) is 42.1 Å². The molecule has 25 heavy (non-hydrogen) atoms. The monoisotopic (exact) mass is 371 g/mol. The van der Waals surface area contributed by atoms with Gasteiger partial charge >= 0.3 is 5.51 Å². The van der Waals surface area contributed by atoms with Crippen LogP contribution in [0.3, 0.4) is 0 Å². The van der Waals surface area contributed by atoms with E-state index in [9.17, 15) is 18.0 Å². The van der Waals surface area contributed by atoms with Crippen molar-refractivity contribution in [1.82, 2.24) is 10.3 Å². The van der Waals surface area contributed by atoms with E-state index in [1.807, 2.05) is 0 Å². The maximum absolute atomic E-state index is 12.1. The zero-order valence-electron chi connectivity index (χ0n) is 13.3. The minimum atomic E-state index is -4.31. The summed E-state index contributed by atoms with van der Waals surface area (Å²) in [6.07, 6.45) is 1.52. The third kappa shape index (κ3) is 5.28. The second-order valence-corrected chi connectivity index (χ2v) is 6.07. The van der Waals surface area contributed by atoms with Gasteiger partial charge in [0.1, 0.15) is 5.69 Å². The molecule has 134 valence electrons.